The number of hydrogen-bond donors (Lipinski definition) is 1. The molecule has 2 unspecified atom stereocenters. The topological polar surface area (TPSA) is 81.9 Å². The highest BCUT2D eigenvalue weighted by Gasteiger charge is 2.43. The molecular formula is C21H21F3N2O4. The van der Waals surface area contributed by atoms with E-state index >= 15 is 0 Å². The normalized spacial score (nSPS) is 18.6. The molecule has 0 bridgehead atoms. The van der Waals surface area contributed by atoms with E-state index in [1.165, 1.54) is 19.1 Å². The van der Waals surface area contributed by atoms with Crippen molar-refractivity contribution in [1.82, 2.24) is 4.90 Å². The van der Waals surface area contributed by atoms with Gasteiger partial charge in [0.05, 0.1) is 26.1 Å². The molecule has 2 amide bonds. The summed E-state index contributed by atoms with van der Waals surface area (Å²) in [6, 6.07) is 6.76. The van der Waals surface area contributed by atoms with Gasteiger partial charge in [0.1, 0.15) is 11.5 Å². The van der Waals surface area contributed by atoms with Gasteiger partial charge in [-0.25, -0.2) is 13.2 Å². The Morgan fingerprint density at radius 3 is 2.37 bits per heavy atom. The predicted octanol–water partition coefficient (Wildman–Crippen LogP) is 2.42. The molecule has 2 N–H and O–H groups in total. The second-order valence-corrected chi connectivity index (χ2v) is 7.09. The largest absolute Gasteiger partial charge is 0.497 e. The Morgan fingerprint density at radius 2 is 1.80 bits per heavy atom. The van der Waals surface area contributed by atoms with Crippen molar-refractivity contribution in [1.29, 1.82) is 0 Å². The Bertz CT molecular complexity index is 960. The van der Waals surface area contributed by atoms with Gasteiger partial charge in [0.15, 0.2) is 17.5 Å². The number of hydrogen-bond acceptors (Lipinski definition) is 4. The van der Waals surface area contributed by atoms with Crippen LogP contribution in [0.3, 0.4) is 0 Å². The molecule has 1 aliphatic rings. The lowest BCUT2D eigenvalue weighted by Crippen LogP contribution is -2.31. The second-order valence-electron chi connectivity index (χ2n) is 7.09. The van der Waals surface area contributed by atoms with E-state index in [1.807, 2.05) is 0 Å². The van der Waals surface area contributed by atoms with Gasteiger partial charge in [0, 0.05) is 24.7 Å². The number of carbonyl (C=O) groups excluding carboxylic acids is 2. The van der Waals surface area contributed by atoms with Gasteiger partial charge >= 0.3 is 0 Å². The minimum atomic E-state index is -1.59. The molecule has 0 aromatic heterocycles. The van der Waals surface area contributed by atoms with Crippen LogP contribution < -0.4 is 15.2 Å². The molecule has 0 aliphatic carbocycles. The van der Waals surface area contributed by atoms with Gasteiger partial charge in [-0.05, 0) is 36.2 Å². The molecule has 3 rings (SSSR count). The van der Waals surface area contributed by atoms with Crippen LogP contribution in [0.1, 0.15) is 11.1 Å². The van der Waals surface area contributed by atoms with Crippen molar-refractivity contribution in [2.24, 2.45) is 17.6 Å². The molecule has 1 aliphatic heterocycles. The lowest BCUT2D eigenvalue weighted by Gasteiger charge is -2.19. The maximum Gasteiger partial charge on any atom is 0.227 e. The molecular weight excluding hydrogens is 401 g/mol. The molecule has 160 valence electrons. The first-order chi connectivity index (χ1) is 14.2. The summed E-state index contributed by atoms with van der Waals surface area (Å²) in [6.45, 7) is 0.207. The Hall–Kier alpha value is -3.23. The van der Waals surface area contributed by atoms with Crippen LogP contribution in [-0.2, 0) is 22.6 Å². The molecule has 30 heavy (non-hydrogen) atoms. The van der Waals surface area contributed by atoms with Gasteiger partial charge in [-0.2, -0.15) is 0 Å². The molecule has 9 heteroatoms. The number of primary amides is 1. The van der Waals surface area contributed by atoms with Gasteiger partial charge < -0.3 is 20.1 Å². The molecule has 0 saturated carbocycles. The van der Waals surface area contributed by atoms with E-state index in [9.17, 15) is 22.8 Å². The van der Waals surface area contributed by atoms with Crippen LogP contribution in [0.2, 0.25) is 0 Å². The molecule has 2 aromatic carbocycles. The van der Waals surface area contributed by atoms with E-state index in [4.69, 9.17) is 15.2 Å². The van der Waals surface area contributed by atoms with Gasteiger partial charge in [-0.1, -0.05) is 0 Å². The van der Waals surface area contributed by atoms with Crippen molar-refractivity contribution in [3.05, 3.63) is 58.9 Å². The number of rotatable bonds is 7. The van der Waals surface area contributed by atoms with Crippen LogP contribution in [0.25, 0.3) is 0 Å². The van der Waals surface area contributed by atoms with Crippen molar-refractivity contribution in [2.75, 3.05) is 20.8 Å². The zero-order chi connectivity index (χ0) is 22.0. The van der Waals surface area contributed by atoms with Gasteiger partial charge in [-0.3, -0.25) is 9.59 Å². The number of methoxy groups -OCH3 is 2. The van der Waals surface area contributed by atoms with Crippen LogP contribution in [0.5, 0.6) is 11.5 Å². The fourth-order valence-corrected chi connectivity index (χ4v) is 3.69. The number of benzene rings is 2. The number of halogens is 3. The first kappa shape index (κ1) is 21.5. The minimum absolute atomic E-state index is 0.0557. The van der Waals surface area contributed by atoms with Crippen molar-refractivity contribution < 1.29 is 32.2 Å². The number of carbonyl (C=O) groups is 2. The smallest absolute Gasteiger partial charge is 0.227 e. The fraction of sp³-hybridized carbons (Fsp3) is 0.333. The number of likely N-dealkylation sites (tertiary alicyclic amines) is 1. The Kier molecular flexibility index (Phi) is 6.19. The number of nitrogens with two attached hydrogens (primary N) is 1. The molecule has 1 saturated heterocycles. The third-order valence-corrected chi connectivity index (χ3v) is 5.25. The monoisotopic (exact) mass is 422 g/mol. The summed E-state index contributed by atoms with van der Waals surface area (Å²) in [7, 11) is 3.00. The summed E-state index contributed by atoms with van der Waals surface area (Å²) in [5.74, 6) is -6.05. The fourth-order valence-electron chi connectivity index (χ4n) is 3.69. The van der Waals surface area contributed by atoms with Crippen LogP contribution in [0.15, 0.2) is 30.3 Å². The highest BCUT2D eigenvalue weighted by Crippen LogP contribution is 2.32. The molecule has 1 fully saturated rings. The summed E-state index contributed by atoms with van der Waals surface area (Å²) < 4.78 is 50.8. The van der Waals surface area contributed by atoms with E-state index in [0.717, 1.165) is 12.1 Å². The Balaban J connectivity index is 1.84. The number of amides is 2. The van der Waals surface area contributed by atoms with Crippen molar-refractivity contribution in [3.8, 4) is 11.5 Å². The van der Waals surface area contributed by atoms with E-state index in [2.05, 4.69) is 0 Å². The Labute approximate surface area is 171 Å². The molecule has 6 nitrogen and oxygen atoms in total. The Morgan fingerprint density at radius 1 is 1.13 bits per heavy atom. The third-order valence-electron chi connectivity index (χ3n) is 5.25. The highest BCUT2D eigenvalue weighted by molar-refractivity contribution is 5.90. The van der Waals surface area contributed by atoms with Gasteiger partial charge in [0.25, 0.3) is 0 Å². The van der Waals surface area contributed by atoms with E-state index in [-0.39, 0.29) is 31.0 Å². The first-order valence-corrected chi connectivity index (χ1v) is 9.17. The van der Waals surface area contributed by atoms with E-state index < -0.39 is 35.2 Å². The summed E-state index contributed by atoms with van der Waals surface area (Å²) in [6.07, 6.45) is -0.142. The van der Waals surface area contributed by atoms with E-state index in [0.29, 0.717) is 17.1 Å². The van der Waals surface area contributed by atoms with E-state index in [1.54, 1.807) is 18.2 Å². The third kappa shape index (κ3) is 4.19. The predicted molar refractivity (Wildman–Crippen MR) is 101 cm³/mol. The molecule has 2 atom stereocenters. The van der Waals surface area contributed by atoms with Crippen LogP contribution in [0.4, 0.5) is 13.2 Å². The second kappa shape index (κ2) is 8.64. The summed E-state index contributed by atoms with van der Waals surface area (Å²) in [4.78, 5) is 26.4. The number of nitrogens with zero attached hydrogens (tertiary/aromatic N) is 1. The van der Waals surface area contributed by atoms with Crippen molar-refractivity contribution >= 4 is 11.8 Å². The average molecular weight is 422 g/mol. The average Bonchev–Trinajstić information content (AvgIpc) is 3.02. The zero-order valence-electron chi connectivity index (χ0n) is 16.5. The molecule has 1 heterocycles. The molecule has 0 spiro atoms. The summed E-state index contributed by atoms with van der Waals surface area (Å²) in [5, 5.41) is 0. The van der Waals surface area contributed by atoms with Crippen molar-refractivity contribution in [3.63, 3.8) is 0 Å². The van der Waals surface area contributed by atoms with Crippen LogP contribution >= 0.6 is 0 Å². The number of ether oxygens (including phenoxy) is 2. The minimum Gasteiger partial charge on any atom is -0.497 e. The standard InChI is InChI=1S/C21H21F3N2O4/c1-29-13-4-3-12(18(8-13)30-2)9-26-10-15(20(25)27)14(21(26)28)5-11-6-16(22)19(24)17(23)7-11/h3-4,6-8,14-15H,5,9-10H2,1-2H3,(H2,25,27). The maximum absolute atomic E-state index is 13.6. The first-order valence-electron chi connectivity index (χ1n) is 9.17. The SMILES string of the molecule is COc1ccc(CN2CC(C(N)=O)C(Cc3cc(F)c(F)c(F)c3)C2=O)c(OC)c1. The highest BCUT2D eigenvalue weighted by atomic mass is 19.2. The molecule has 2 aromatic rings. The van der Waals surface area contributed by atoms with Crippen LogP contribution in [-0.4, -0.2) is 37.5 Å². The van der Waals surface area contributed by atoms with Gasteiger partial charge in [-0.15, -0.1) is 0 Å². The summed E-state index contributed by atoms with van der Waals surface area (Å²) in [5.41, 5.74) is 6.23. The van der Waals surface area contributed by atoms with Gasteiger partial charge in [0.2, 0.25) is 11.8 Å². The lowest BCUT2D eigenvalue weighted by molar-refractivity contribution is -0.133. The maximum atomic E-state index is 13.6. The lowest BCUT2D eigenvalue weighted by atomic mass is 9.88. The van der Waals surface area contributed by atoms with Crippen LogP contribution in [0, 0.1) is 29.3 Å². The molecule has 0 radical (unpaired) electrons. The zero-order valence-corrected chi connectivity index (χ0v) is 16.5. The quantitative estimate of drug-likeness (QED) is 0.695. The van der Waals surface area contributed by atoms with Crippen molar-refractivity contribution in [2.45, 2.75) is 13.0 Å². The summed E-state index contributed by atoms with van der Waals surface area (Å²) >= 11 is 0.